The quantitative estimate of drug-likeness (QED) is 0.829. The van der Waals surface area contributed by atoms with Gasteiger partial charge in [0.2, 0.25) is 15.9 Å². The standard InChI is InChI=1S/C13H18N2O3S/c1-2-9-19(17,18)14-8-7-11-10-5-3-4-6-12(10)15-13(11)16/h3-6,11,14H,2,7-9H2,1H3,(H,15,16). The van der Waals surface area contributed by atoms with E-state index in [4.69, 9.17) is 0 Å². The van der Waals surface area contributed by atoms with Crippen molar-refractivity contribution in [3.63, 3.8) is 0 Å². The molecule has 2 N–H and O–H groups in total. The molecule has 0 spiro atoms. The van der Waals surface area contributed by atoms with Crippen molar-refractivity contribution in [1.82, 2.24) is 4.72 Å². The number of carbonyl (C=O) groups is 1. The molecular weight excluding hydrogens is 264 g/mol. The Morgan fingerprint density at radius 3 is 2.79 bits per heavy atom. The Kier molecular flexibility index (Phi) is 4.21. The Labute approximate surface area is 113 Å². The summed E-state index contributed by atoms with van der Waals surface area (Å²) in [7, 11) is -3.20. The minimum Gasteiger partial charge on any atom is -0.325 e. The fraction of sp³-hybridized carbons (Fsp3) is 0.462. The third-order valence-corrected chi connectivity index (χ3v) is 4.73. The number of fused-ring (bicyclic) bond motifs is 1. The molecule has 1 aromatic rings. The number of rotatable bonds is 6. The minimum absolute atomic E-state index is 0.0594. The second-order valence-electron chi connectivity index (χ2n) is 4.63. The number of sulfonamides is 1. The van der Waals surface area contributed by atoms with Crippen LogP contribution in [-0.2, 0) is 14.8 Å². The Balaban J connectivity index is 1.96. The second kappa shape index (κ2) is 5.71. The number of anilines is 1. The highest BCUT2D eigenvalue weighted by Gasteiger charge is 2.29. The van der Waals surface area contributed by atoms with Crippen LogP contribution in [0.3, 0.4) is 0 Å². The molecule has 1 unspecified atom stereocenters. The number of benzene rings is 1. The van der Waals surface area contributed by atoms with Crippen molar-refractivity contribution >= 4 is 21.6 Å². The van der Waals surface area contributed by atoms with Gasteiger partial charge in [0.15, 0.2) is 0 Å². The van der Waals surface area contributed by atoms with E-state index in [0.29, 0.717) is 12.8 Å². The zero-order valence-corrected chi connectivity index (χ0v) is 11.7. The summed E-state index contributed by atoms with van der Waals surface area (Å²) in [5.41, 5.74) is 1.77. The summed E-state index contributed by atoms with van der Waals surface area (Å²) in [6.07, 6.45) is 1.06. The molecule has 19 heavy (non-hydrogen) atoms. The van der Waals surface area contributed by atoms with Crippen LogP contribution in [0.5, 0.6) is 0 Å². The molecule has 104 valence electrons. The lowest BCUT2D eigenvalue weighted by atomic mass is 9.97. The summed E-state index contributed by atoms with van der Waals surface area (Å²) in [5.74, 6) is -0.197. The van der Waals surface area contributed by atoms with Crippen LogP contribution in [0.2, 0.25) is 0 Å². The highest BCUT2D eigenvalue weighted by Crippen LogP contribution is 2.33. The fourth-order valence-corrected chi connectivity index (χ4v) is 3.37. The van der Waals surface area contributed by atoms with Gasteiger partial charge in [-0.05, 0) is 24.5 Å². The van der Waals surface area contributed by atoms with Crippen LogP contribution < -0.4 is 10.0 Å². The summed E-state index contributed by atoms with van der Waals surface area (Å²) < 4.78 is 25.6. The summed E-state index contributed by atoms with van der Waals surface area (Å²) in [6.45, 7) is 2.11. The van der Waals surface area contributed by atoms with Gasteiger partial charge in [0.05, 0.1) is 11.7 Å². The van der Waals surface area contributed by atoms with Crippen molar-refractivity contribution in [3.8, 4) is 0 Å². The SMILES string of the molecule is CCCS(=O)(=O)NCCC1C(=O)Nc2ccccc21. The number of hydrogen-bond donors (Lipinski definition) is 2. The molecule has 1 aromatic carbocycles. The molecular formula is C13H18N2O3S. The molecule has 0 saturated heterocycles. The van der Waals surface area contributed by atoms with Gasteiger partial charge in [0.25, 0.3) is 0 Å². The van der Waals surface area contributed by atoms with Gasteiger partial charge in [-0.15, -0.1) is 0 Å². The van der Waals surface area contributed by atoms with Crippen LogP contribution in [-0.4, -0.2) is 26.6 Å². The maximum Gasteiger partial charge on any atom is 0.232 e. The molecule has 0 aliphatic carbocycles. The minimum atomic E-state index is -3.20. The number of para-hydroxylation sites is 1. The van der Waals surface area contributed by atoms with E-state index in [0.717, 1.165) is 11.3 Å². The number of carbonyl (C=O) groups excluding carboxylic acids is 1. The molecule has 1 heterocycles. The third kappa shape index (κ3) is 3.33. The molecule has 0 aromatic heterocycles. The Morgan fingerprint density at radius 2 is 2.05 bits per heavy atom. The molecule has 1 aliphatic heterocycles. The predicted molar refractivity (Wildman–Crippen MR) is 74.5 cm³/mol. The second-order valence-corrected chi connectivity index (χ2v) is 6.56. The normalized spacial score (nSPS) is 18.2. The molecule has 1 aliphatic rings. The molecule has 0 fully saturated rings. The zero-order chi connectivity index (χ0) is 13.9. The van der Waals surface area contributed by atoms with Gasteiger partial charge in [0, 0.05) is 12.2 Å². The first-order chi connectivity index (χ1) is 9.03. The van der Waals surface area contributed by atoms with E-state index < -0.39 is 10.0 Å². The van der Waals surface area contributed by atoms with Crippen LogP contribution >= 0.6 is 0 Å². The zero-order valence-electron chi connectivity index (χ0n) is 10.8. The highest BCUT2D eigenvalue weighted by atomic mass is 32.2. The largest absolute Gasteiger partial charge is 0.325 e. The molecule has 2 rings (SSSR count). The smallest absolute Gasteiger partial charge is 0.232 e. The summed E-state index contributed by atoms with van der Waals surface area (Å²) in [5, 5.41) is 2.80. The molecule has 6 heteroatoms. The molecule has 1 amide bonds. The van der Waals surface area contributed by atoms with Gasteiger partial charge < -0.3 is 5.32 Å². The highest BCUT2D eigenvalue weighted by molar-refractivity contribution is 7.89. The molecule has 0 saturated carbocycles. The predicted octanol–water partition coefficient (Wildman–Crippen LogP) is 1.44. The summed E-state index contributed by atoms with van der Waals surface area (Å²) >= 11 is 0. The van der Waals surface area contributed by atoms with Gasteiger partial charge in [-0.25, -0.2) is 13.1 Å². The van der Waals surface area contributed by atoms with E-state index >= 15 is 0 Å². The first kappa shape index (κ1) is 14.0. The van der Waals surface area contributed by atoms with E-state index in [9.17, 15) is 13.2 Å². The maximum absolute atomic E-state index is 11.8. The van der Waals surface area contributed by atoms with Crippen molar-refractivity contribution in [2.75, 3.05) is 17.6 Å². The first-order valence-electron chi connectivity index (χ1n) is 6.40. The Morgan fingerprint density at radius 1 is 1.32 bits per heavy atom. The molecule has 5 nitrogen and oxygen atoms in total. The first-order valence-corrected chi connectivity index (χ1v) is 8.06. The maximum atomic E-state index is 11.8. The van der Waals surface area contributed by atoms with Crippen molar-refractivity contribution in [2.24, 2.45) is 0 Å². The Bertz CT molecular complexity index is 569. The van der Waals surface area contributed by atoms with Crippen LogP contribution in [0.15, 0.2) is 24.3 Å². The van der Waals surface area contributed by atoms with E-state index in [2.05, 4.69) is 10.0 Å². The summed E-state index contributed by atoms with van der Waals surface area (Å²) in [4.78, 5) is 11.8. The van der Waals surface area contributed by atoms with Gasteiger partial charge in [-0.2, -0.15) is 0 Å². The van der Waals surface area contributed by atoms with Crippen molar-refractivity contribution in [3.05, 3.63) is 29.8 Å². The van der Waals surface area contributed by atoms with Crippen LogP contribution in [0.1, 0.15) is 31.2 Å². The molecule has 1 atom stereocenters. The van der Waals surface area contributed by atoms with E-state index in [-0.39, 0.29) is 24.1 Å². The number of amides is 1. The van der Waals surface area contributed by atoms with Crippen molar-refractivity contribution < 1.29 is 13.2 Å². The summed E-state index contributed by atoms with van der Waals surface area (Å²) in [6, 6.07) is 7.51. The lowest BCUT2D eigenvalue weighted by molar-refractivity contribution is -0.117. The Hall–Kier alpha value is -1.40. The number of hydrogen-bond acceptors (Lipinski definition) is 3. The topological polar surface area (TPSA) is 75.3 Å². The average Bonchev–Trinajstić information content (AvgIpc) is 2.66. The third-order valence-electron chi connectivity index (χ3n) is 3.14. The van der Waals surface area contributed by atoms with E-state index in [1.54, 1.807) is 0 Å². The lowest BCUT2D eigenvalue weighted by Gasteiger charge is -2.10. The van der Waals surface area contributed by atoms with Crippen LogP contribution in [0.25, 0.3) is 0 Å². The lowest BCUT2D eigenvalue weighted by Crippen LogP contribution is -2.29. The monoisotopic (exact) mass is 282 g/mol. The van der Waals surface area contributed by atoms with Crippen molar-refractivity contribution in [2.45, 2.75) is 25.7 Å². The number of nitrogens with one attached hydrogen (secondary N) is 2. The van der Waals surface area contributed by atoms with Crippen LogP contribution in [0, 0.1) is 0 Å². The molecule has 0 bridgehead atoms. The van der Waals surface area contributed by atoms with Crippen LogP contribution in [0.4, 0.5) is 5.69 Å². The van der Waals surface area contributed by atoms with Gasteiger partial charge in [-0.1, -0.05) is 25.1 Å². The van der Waals surface area contributed by atoms with E-state index in [1.165, 1.54) is 0 Å². The van der Waals surface area contributed by atoms with E-state index in [1.807, 2.05) is 31.2 Å². The molecule has 0 radical (unpaired) electrons. The van der Waals surface area contributed by atoms with Gasteiger partial charge in [-0.3, -0.25) is 4.79 Å². The average molecular weight is 282 g/mol. The van der Waals surface area contributed by atoms with Gasteiger partial charge >= 0.3 is 0 Å². The fourth-order valence-electron chi connectivity index (χ4n) is 2.26. The van der Waals surface area contributed by atoms with Crippen molar-refractivity contribution in [1.29, 1.82) is 0 Å². The van der Waals surface area contributed by atoms with Gasteiger partial charge in [0.1, 0.15) is 0 Å².